The molecule has 10 heteroatoms. The van der Waals surface area contributed by atoms with Crippen molar-refractivity contribution in [1.29, 1.82) is 0 Å². The van der Waals surface area contributed by atoms with E-state index in [0.29, 0.717) is 22.1 Å². The average molecular weight is 470 g/mol. The summed E-state index contributed by atoms with van der Waals surface area (Å²) in [5, 5.41) is 0.121. The predicted octanol–water partition coefficient (Wildman–Crippen LogP) is 2.97. The Balaban J connectivity index is 1.47. The number of aromatic amines is 1. The smallest absolute Gasteiger partial charge is 0.330 e. The first kappa shape index (κ1) is 21.8. The highest BCUT2D eigenvalue weighted by Gasteiger charge is 2.33. The zero-order valence-corrected chi connectivity index (χ0v) is 19.2. The number of rotatable bonds is 7. The summed E-state index contributed by atoms with van der Waals surface area (Å²) in [4.78, 5) is 51.5. The summed E-state index contributed by atoms with van der Waals surface area (Å²) < 4.78 is 15.1. The average Bonchev–Trinajstić information content (AvgIpc) is 3.66. The van der Waals surface area contributed by atoms with Gasteiger partial charge >= 0.3 is 5.69 Å². The molecule has 2 aliphatic carbocycles. The molecule has 2 saturated carbocycles. The van der Waals surface area contributed by atoms with E-state index in [9.17, 15) is 18.8 Å². The van der Waals surface area contributed by atoms with Crippen molar-refractivity contribution in [2.45, 2.75) is 61.4 Å². The molecule has 1 N–H and O–H groups in total. The van der Waals surface area contributed by atoms with Gasteiger partial charge < -0.3 is 4.90 Å². The normalized spacial score (nSPS) is 16.7. The van der Waals surface area contributed by atoms with Crippen LogP contribution in [0.4, 0.5) is 4.39 Å². The first-order valence-corrected chi connectivity index (χ1v) is 11.9. The first-order chi connectivity index (χ1) is 15.8. The molecule has 2 aliphatic rings. The van der Waals surface area contributed by atoms with Crippen molar-refractivity contribution in [2.24, 2.45) is 0 Å². The maximum atomic E-state index is 13.5. The first-order valence-electron chi connectivity index (χ1n) is 11.0. The molecule has 172 valence electrons. The van der Waals surface area contributed by atoms with E-state index in [1.807, 2.05) is 0 Å². The standard InChI is InChI=1S/C23H24FN5O3S/c1-12(22(31)28(2)11-13-4-3-5-15(24)10-13)33-21-17-19(25-18(26-21)14-6-7-14)29(16-8-9-16)23(32)27-20(17)30/h3-5,10,12,14,16H,6-9,11H2,1-2H3,(H,27,30,32). The molecule has 2 fully saturated rings. The number of thioether (sulfide) groups is 1. The van der Waals surface area contributed by atoms with Crippen LogP contribution in [0.1, 0.15) is 56.0 Å². The number of fused-ring (bicyclic) bond motifs is 1. The van der Waals surface area contributed by atoms with E-state index in [-0.39, 0.29) is 35.6 Å². The summed E-state index contributed by atoms with van der Waals surface area (Å²) >= 11 is 1.19. The lowest BCUT2D eigenvalue weighted by atomic mass is 10.2. The van der Waals surface area contributed by atoms with E-state index in [0.717, 1.165) is 25.7 Å². The molecule has 0 bridgehead atoms. The molecular formula is C23H24FN5O3S. The van der Waals surface area contributed by atoms with Crippen LogP contribution in [0.15, 0.2) is 38.9 Å². The highest BCUT2D eigenvalue weighted by atomic mass is 32.2. The number of hydrogen-bond acceptors (Lipinski definition) is 6. The quantitative estimate of drug-likeness (QED) is 0.422. The highest BCUT2D eigenvalue weighted by molar-refractivity contribution is 8.00. The second-order valence-electron chi connectivity index (χ2n) is 8.80. The van der Waals surface area contributed by atoms with E-state index in [1.54, 1.807) is 30.7 Å². The van der Waals surface area contributed by atoms with Crippen molar-refractivity contribution in [1.82, 2.24) is 24.4 Å². The third-order valence-electron chi connectivity index (χ3n) is 5.94. The van der Waals surface area contributed by atoms with Crippen molar-refractivity contribution in [2.75, 3.05) is 7.05 Å². The van der Waals surface area contributed by atoms with E-state index in [4.69, 9.17) is 0 Å². The molecule has 1 amide bonds. The molecule has 0 aliphatic heterocycles. The van der Waals surface area contributed by atoms with Gasteiger partial charge in [0.2, 0.25) is 5.91 Å². The van der Waals surface area contributed by atoms with Crippen molar-refractivity contribution in [3.8, 4) is 0 Å². The van der Waals surface area contributed by atoms with Gasteiger partial charge in [-0.25, -0.2) is 19.2 Å². The monoisotopic (exact) mass is 469 g/mol. The van der Waals surface area contributed by atoms with Gasteiger partial charge in [0.25, 0.3) is 5.56 Å². The van der Waals surface area contributed by atoms with Crippen LogP contribution in [-0.2, 0) is 11.3 Å². The van der Waals surface area contributed by atoms with Crippen LogP contribution in [0.25, 0.3) is 11.0 Å². The van der Waals surface area contributed by atoms with Gasteiger partial charge in [0.05, 0.1) is 5.25 Å². The second-order valence-corrected chi connectivity index (χ2v) is 10.1. The minimum Gasteiger partial charge on any atom is -0.340 e. The number of amides is 1. The number of carbonyl (C=O) groups is 1. The van der Waals surface area contributed by atoms with Crippen molar-refractivity contribution in [3.63, 3.8) is 0 Å². The molecule has 1 unspecified atom stereocenters. The third kappa shape index (κ3) is 4.44. The lowest BCUT2D eigenvalue weighted by molar-refractivity contribution is -0.129. The molecule has 0 saturated heterocycles. The highest BCUT2D eigenvalue weighted by Crippen LogP contribution is 2.41. The van der Waals surface area contributed by atoms with Crippen LogP contribution >= 0.6 is 11.8 Å². The Morgan fingerprint density at radius 1 is 1.27 bits per heavy atom. The van der Waals surface area contributed by atoms with E-state index in [1.165, 1.54) is 28.8 Å². The number of carbonyl (C=O) groups excluding carboxylic acids is 1. The summed E-state index contributed by atoms with van der Waals surface area (Å²) in [5.41, 5.74) is 0.0599. The van der Waals surface area contributed by atoms with Gasteiger partial charge in [-0.2, -0.15) is 0 Å². The van der Waals surface area contributed by atoms with E-state index < -0.39 is 16.5 Å². The molecular weight excluding hydrogens is 445 g/mol. The number of halogens is 1. The van der Waals surface area contributed by atoms with Crippen LogP contribution < -0.4 is 11.2 Å². The number of aromatic nitrogens is 4. The SMILES string of the molecule is CC(Sc1nc(C2CC2)nc2c1c(=O)[nH]c(=O)n2C1CC1)C(=O)N(C)Cc1cccc(F)c1. The molecule has 5 rings (SSSR count). The maximum Gasteiger partial charge on any atom is 0.330 e. The predicted molar refractivity (Wildman–Crippen MR) is 123 cm³/mol. The van der Waals surface area contributed by atoms with Gasteiger partial charge in [-0.1, -0.05) is 23.9 Å². The third-order valence-corrected chi connectivity index (χ3v) is 7.02. The van der Waals surface area contributed by atoms with Crippen LogP contribution in [0.3, 0.4) is 0 Å². The fraction of sp³-hybridized carbons (Fsp3) is 0.435. The Morgan fingerprint density at radius 3 is 2.70 bits per heavy atom. The molecule has 1 aromatic carbocycles. The Hall–Kier alpha value is -3.01. The number of nitrogens with zero attached hydrogens (tertiary/aromatic N) is 4. The molecule has 0 spiro atoms. The van der Waals surface area contributed by atoms with Gasteiger partial charge in [0, 0.05) is 25.6 Å². The number of benzene rings is 1. The van der Waals surface area contributed by atoms with Gasteiger partial charge in [0.15, 0.2) is 5.65 Å². The van der Waals surface area contributed by atoms with Gasteiger partial charge in [0.1, 0.15) is 22.1 Å². The molecule has 33 heavy (non-hydrogen) atoms. The topological polar surface area (TPSA) is 101 Å². The van der Waals surface area contributed by atoms with Crippen molar-refractivity contribution < 1.29 is 9.18 Å². The summed E-state index contributed by atoms with van der Waals surface area (Å²) in [6.07, 6.45) is 3.67. The zero-order valence-electron chi connectivity index (χ0n) is 18.4. The summed E-state index contributed by atoms with van der Waals surface area (Å²) in [6, 6.07) is 6.17. The molecule has 1 atom stereocenters. The summed E-state index contributed by atoms with van der Waals surface area (Å²) in [5.74, 6) is 0.322. The minimum atomic E-state index is -0.547. The van der Waals surface area contributed by atoms with Gasteiger partial charge in [-0.15, -0.1) is 0 Å². The number of hydrogen-bond donors (Lipinski definition) is 1. The Bertz CT molecular complexity index is 1360. The van der Waals surface area contributed by atoms with Crippen LogP contribution in [0.5, 0.6) is 0 Å². The lowest BCUT2D eigenvalue weighted by Crippen LogP contribution is -2.33. The van der Waals surface area contributed by atoms with Gasteiger partial charge in [-0.05, 0) is 50.3 Å². The lowest BCUT2D eigenvalue weighted by Gasteiger charge is -2.21. The largest absolute Gasteiger partial charge is 0.340 e. The van der Waals surface area contributed by atoms with E-state index >= 15 is 0 Å². The summed E-state index contributed by atoms with van der Waals surface area (Å²) in [6.45, 7) is 2.02. The van der Waals surface area contributed by atoms with Crippen LogP contribution in [-0.4, -0.2) is 42.6 Å². The maximum absolute atomic E-state index is 13.5. The molecule has 3 aromatic rings. The fourth-order valence-corrected chi connectivity index (χ4v) is 4.99. The minimum absolute atomic E-state index is 0.0353. The Labute approximate surface area is 193 Å². The fourth-order valence-electron chi connectivity index (χ4n) is 3.93. The van der Waals surface area contributed by atoms with Crippen LogP contribution in [0, 0.1) is 5.82 Å². The number of nitrogens with one attached hydrogen (secondary N) is 1. The van der Waals surface area contributed by atoms with Crippen molar-refractivity contribution in [3.05, 3.63) is 62.3 Å². The molecule has 0 radical (unpaired) electrons. The molecule has 2 aromatic heterocycles. The summed E-state index contributed by atoms with van der Waals surface area (Å²) in [7, 11) is 1.66. The van der Waals surface area contributed by atoms with Crippen LogP contribution in [0.2, 0.25) is 0 Å². The Morgan fingerprint density at radius 2 is 2.03 bits per heavy atom. The van der Waals surface area contributed by atoms with Gasteiger partial charge in [-0.3, -0.25) is 19.1 Å². The second kappa shape index (κ2) is 8.40. The molecule has 2 heterocycles. The van der Waals surface area contributed by atoms with Crippen molar-refractivity contribution >= 4 is 28.7 Å². The Kier molecular flexibility index (Phi) is 5.55. The van der Waals surface area contributed by atoms with E-state index in [2.05, 4.69) is 15.0 Å². The molecule has 8 nitrogen and oxygen atoms in total. The number of H-pyrrole nitrogens is 1. The zero-order chi connectivity index (χ0) is 23.3.